The average molecular weight is 124 g/mol. The van der Waals surface area contributed by atoms with E-state index in [2.05, 4.69) is 17.7 Å². The molecule has 2 nitrogen and oxygen atoms in total. The molecule has 48 valence electrons. The molecule has 1 aromatic heterocycles. The Balaban J connectivity index is 3.17. The summed E-state index contributed by atoms with van der Waals surface area (Å²) in [5, 5.41) is 0. The highest BCUT2D eigenvalue weighted by Crippen LogP contribution is 1.76. The lowest BCUT2D eigenvalue weighted by Crippen LogP contribution is -2.39. The van der Waals surface area contributed by atoms with Crippen molar-refractivity contribution in [1.29, 1.82) is 0 Å². The molecule has 1 heterocycles. The Kier molecular flexibility index (Phi) is 1.47. The predicted molar refractivity (Wildman–Crippen MR) is 33.5 cm³/mol. The van der Waals surface area contributed by atoms with Gasteiger partial charge < -0.3 is 0 Å². The average Bonchev–Trinajstić information content (AvgIpc) is 1.80. The van der Waals surface area contributed by atoms with Gasteiger partial charge in [-0.1, -0.05) is 0 Å². The molecule has 0 atom stereocenters. The monoisotopic (exact) mass is 124 g/mol. The fourth-order valence-corrected chi connectivity index (χ4v) is 0.752. The Hall–Kier alpha value is -0.920. The molecule has 0 bridgehead atoms. The third kappa shape index (κ3) is 1.25. The molecular formula is C7H12N2+2. The van der Waals surface area contributed by atoms with Crippen molar-refractivity contribution >= 4 is 0 Å². The minimum absolute atomic E-state index is 1.26. The highest BCUT2D eigenvalue weighted by molar-refractivity contribution is 4.73. The van der Waals surface area contributed by atoms with Crippen molar-refractivity contribution in [3.05, 3.63) is 24.3 Å². The molecule has 0 aromatic carbocycles. The summed E-state index contributed by atoms with van der Waals surface area (Å²) in [6, 6.07) is 0. The molecule has 0 aliphatic carbocycles. The summed E-state index contributed by atoms with van der Waals surface area (Å²) in [5.74, 6) is 0. The Morgan fingerprint density at radius 2 is 1.89 bits per heavy atom. The van der Waals surface area contributed by atoms with E-state index in [4.69, 9.17) is 0 Å². The van der Waals surface area contributed by atoms with Gasteiger partial charge in [0.15, 0.2) is 0 Å². The van der Waals surface area contributed by atoms with Gasteiger partial charge in [-0.05, 0) is 0 Å². The first-order valence-electron chi connectivity index (χ1n) is 3.01. The van der Waals surface area contributed by atoms with E-state index in [1.807, 2.05) is 31.1 Å². The van der Waals surface area contributed by atoms with Gasteiger partial charge in [0.2, 0.25) is 24.3 Å². The molecule has 0 saturated carbocycles. The first-order chi connectivity index (χ1) is 4.20. The van der Waals surface area contributed by atoms with E-state index in [0.717, 1.165) is 0 Å². The summed E-state index contributed by atoms with van der Waals surface area (Å²) in [7, 11) is 4.06. The van der Waals surface area contributed by atoms with Crippen molar-refractivity contribution in [1.82, 2.24) is 0 Å². The van der Waals surface area contributed by atoms with Crippen LogP contribution in [0.2, 0.25) is 0 Å². The summed E-state index contributed by atoms with van der Waals surface area (Å²) in [6.45, 7) is 2.08. The lowest BCUT2D eigenvalue weighted by molar-refractivity contribution is -0.731. The summed E-state index contributed by atoms with van der Waals surface area (Å²) in [6.07, 6.45) is 6.14. The number of aryl methyl sites for hydroxylation is 3. The van der Waals surface area contributed by atoms with Crippen LogP contribution in [0.4, 0.5) is 0 Å². The first kappa shape index (κ1) is 6.20. The van der Waals surface area contributed by atoms with Crippen LogP contribution >= 0.6 is 0 Å². The molecule has 9 heavy (non-hydrogen) atoms. The second kappa shape index (κ2) is 2.13. The Morgan fingerprint density at radius 3 is 2.33 bits per heavy atom. The third-order valence-corrected chi connectivity index (χ3v) is 1.47. The van der Waals surface area contributed by atoms with Gasteiger partial charge in [0.1, 0.15) is 14.1 Å². The fourth-order valence-electron chi connectivity index (χ4n) is 0.752. The number of nitrogens with zero attached hydrogens (tertiary/aromatic N) is 2. The maximum atomic E-state index is 2.08. The molecule has 0 radical (unpaired) electrons. The van der Waals surface area contributed by atoms with Crippen LogP contribution in [-0.4, -0.2) is 0 Å². The lowest BCUT2D eigenvalue weighted by atomic mass is 10.5. The van der Waals surface area contributed by atoms with Crippen molar-refractivity contribution in [2.24, 2.45) is 14.1 Å². The standard InChI is InChI=1S/C7H12N2/c1-7-6-8(2)4-5-9(7)3/h4-6H,1-3H3/q+2. The molecule has 0 amide bonds. The smallest absolute Gasteiger partial charge is 0.197 e. The van der Waals surface area contributed by atoms with Gasteiger partial charge in [0.25, 0.3) is 0 Å². The molecule has 0 aliphatic heterocycles. The molecule has 0 N–H and O–H groups in total. The molecule has 0 unspecified atom stereocenters. The summed E-state index contributed by atoms with van der Waals surface area (Å²) in [5.41, 5.74) is 1.26. The molecule has 2 heteroatoms. The van der Waals surface area contributed by atoms with Crippen LogP contribution in [0, 0.1) is 6.92 Å². The summed E-state index contributed by atoms with van der Waals surface area (Å²) in [4.78, 5) is 0. The normalized spacial score (nSPS) is 9.67. The van der Waals surface area contributed by atoms with Crippen LogP contribution in [0.3, 0.4) is 0 Å². The zero-order valence-electron chi connectivity index (χ0n) is 6.13. The van der Waals surface area contributed by atoms with Gasteiger partial charge in [-0.2, -0.15) is 9.13 Å². The number of hydrogen-bond donors (Lipinski definition) is 0. The van der Waals surface area contributed by atoms with E-state index in [0.29, 0.717) is 0 Å². The quantitative estimate of drug-likeness (QED) is 0.417. The largest absolute Gasteiger partial charge is 0.242 e. The number of hydrogen-bond acceptors (Lipinski definition) is 0. The van der Waals surface area contributed by atoms with E-state index in [1.54, 1.807) is 0 Å². The summed E-state index contributed by atoms with van der Waals surface area (Å²) >= 11 is 0. The lowest BCUT2D eigenvalue weighted by Gasteiger charge is -1.87. The van der Waals surface area contributed by atoms with Crippen LogP contribution in [0.15, 0.2) is 18.6 Å². The van der Waals surface area contributed by atoms with Crippen LogP contribution < -0.4 is 9.13 Å². The minimum Gasteiger partial charge on any atom is -0.197 e. The molecule has 0 saturated heterocycles. The minimum atomic E-state index is 1.26. The van der Waals surface area contributed by atoms with Crippen molar-refractivity contribution in [3.8, 4) is 0 Å². The van der Waals surface area contributed by atoms with Crippen molar-refractivity contribution < 1.29 is 9.13 Å². The molecular weight excluding hydrogens is 112 g/mol. The van der Waals surface area contributed by atoms with Crippen molar-refractivity contribution in [2.45, 2.75) is 6.92 Å². The highest BCUT2D eigenvalue weighted by atomic mass is 15.0. The Morgan fingerprint density at radius 1 is 1.22 bits per heavy atom. The zero-order chi connectivity index (χ0) is 6.85. The molecule has 0 aliphatic rings. The van der Waals surface area contributed by atoms with E-state index < -0.39 is 0 Å². The van der Waals surface area contributed by atoms with Gasteiger partial charge in [-0.15, -0.1) is 0 Å². The van der Waals surface area contributed by atoms with Gasteiger partial charge in [0.05, 0.1) is 0 Å². The van der Waals surface area contributed by atoms with Gasteiger partial charge in [0, 0.05) is 6.92 Å². The topological polar surface area (TPSA) is 7.76 Å². The maximum absolute atomic E-state index is 2.08. The molecule has 0 fully saturated rings. The van der Waals surface area contributed by atoms with E-state index in [9.17, 15) is 0 Å². The molecule has 1 rings (SSSR count). The van der Waals surface area contributed by atoms with Crippen LogP contribution in [-0.2, 0) is 14.1 Å². The Bertz CT molecular complexity index is 218. The fraction of sp³-hybridized carbons (Fsp3) is 0.429. The van der Waals surface area contributed by atoms with E-state index >= 15 is 0 Å². The van der Waals surface area contributed by atoms with Gasteiger partial charge >= 0.3 is 0 Å². The van der Waals surface area contributed by atoms with Crippen LogP contribution in [0.1, 0.15) is 5.69 Å². The second-order valence-electron chi connectivity index (χ2n) is 2.34. The predicted octanol–water partition coefficient (Wildman–Crippen LogP) is -0.356. The van der Waals surface area contributed by atoms with Gasteiger partial charge in [-0.25, -0.2) is 0 Å². The SMILES string of the molecule is Cc1c[n+](C)cc[n+]1C. The van der Waals surface area contributed by atoms with Crippen molar-refractivity contribution in [3.63, 3.8) is 0 Å². The maximum Gasteiger partial charge on any atom is 0.242 e. The van der Waals surface area contributed by atoms with E-state index in [-0.39, 0.29) is 0 Å². The van der Waals surface area contributed by atoms with Crippen LogP contribution in [0.5, 0.6) is 0 Å². The Labute approximate surface area is 55.4 Å². The molecule has 1 aromatic rings. The third-order valence-electron chi connectivity index (χ3n) is 1.47. The molecule has 0 spiro atoms. The summed E-state index contributed by atoms with van der Waals surface area (Å²) < 4.78 is 4.12. The zero-order valence-corrected chi connectivity index (χ0v) is 6.13. The number of rotatable bonds is 0. The van der Waals surface area contributed by atoms with Crippen LogP contribution in [0.25, 0.3) is 0 Å². The number of aromatic nitrogens is 2. The first-order valence-corrected chi connectivity index (χ1v) is 3.01. The van der Waals surface area contributed by atoms with E-state index in [1.165, 1.54) is 5.69 Å². The second-order valence-corrected chi connectivity index (χ2v) is 2.34. The van der Waals surface area contributed by atoms with Crippen molar-refractivity contribution in [2.75, 3.05) is 0 Å². The highest BCUT2D eigenvalue weighted by Gasteiger charge is 2.02. The van der Waals surface area contributed by atoms with Gasteiger partial charge in [-0.3, -0.25) is 0 Å².